The van der Waals surface area contributed by atoms with E-state index in [-0.39, 0.29) is 18.1 Å². The van der Waals surface area contributed by atoms with Crippen molar-refractivity contribution in [1.82, 2.24) is 5.32 Å². The summed E-state index contributed by atoms with van der Waals surface area (Å²) in [6, 6.07) is 8.61. The summed E-state index contributed by atoms with van der Waals surface area (Å²) >= 11 is 3.36. The summed E-state index contributed by atoms with van der Waals surface area (Å²) in [5, 5.41) is 2.81. The Bertz CT molecular complexity index is 663. The third-order valence-corrected chi connectivity index (χ3v) is 3.77. The molecule has 1 atom stereocenters. The zero-order chi connectivity index (χ0) is 16.1. The topological polar surface area (TPSA) is 68.5 Å². The largest absolute Gasteiger partial charge is 0.469 e. The van der Waals surface area contributed by atoms with Crippen LogP contribution in [0.1, 0.15) is 34.1 Å². The lowest BCUT2D eigenvalue weighted by molar-refractivity contribution is -0.141. The highest BCUT2D eigenvalue weighted by atomic mass is 79.9. The molecule has 6 heteroatoms. The Labute approximate surface area is 136 Å². The Morgan fingerprint density at radius 3 is 2.50 bits per heavy atom. The van der Waals surface area contributed by atoms with E-state index in [0.717, 1.165) is 15.6 Å². The number of ether oxygens (including phenoxy) is 1. The van der Waals surface area contributed by atoms with E-state index in [1.54, 1.807) is 13.0 Å². The molecule has 0 fully saturated rings. The van der Waals surface area contributed by atoms with Crippen LogP contribution >= 0.6 is 15.9 Å². The van der Waals surface area contributed by atoms with E-state index in [9.17, 15) is 9.59 Å². The van der Waals surface area contributed by atoms with E-state index in [4.69, 9.17) is 9.15 Å². The number of furan rings is 1. The minimum atomic E-state index is -0.488. The first-order chi connectivity index (χ1) is 10.5. The van der Waals surface area contributed by atoms with Crippen LogP contribution in [0.5, 0.6) is 0 Å². The maximum Gasteiger partial charge on any atom is 0.307 e. The minimum absolute atomic E-state index is 0.0453. The molecule has 0 saturated heterocycles. The van der Waals surface area contributed by atoms with Gasteiger partial charge in [0.25, 0.3) is 5.91 Å². The summed E-state index contributed by atoms with van der Waals surface area (Å²) in [4.78, 5) is 23.9. The number of hydrogen-bond acceptors (Lipinski definition) is 4. The Morgan fingerprint density at radius 2 is 1.95 bits per heavy atom. The average molecular weight is 366 g/mol. The van der Waals surface area contributed by atoms with Gasteiger partial charge in [-0.05, 0) is 30.7 Å². The number of carbonyl (C=O) groups is 2. The Balaban J connectivity index is 2.21. The van der Waals surface area contributed by atoms with Crippen molar-refractivity contribution in [1.29, 1.82) is 0 Å². The van der Waals surface area contributed by atoms with Crippen molar-refractivity contribution in [3.8, 4) is 0 Å². The maximum atomic E-state index is 12.3. The summed E-state index contributed by atoms with van der Waals surface area (Å²) in [5.74, 6) is -0.518. The first-order valence-electron chi connectivity index (χ1n) is 6.68. The van der Waals surface area contributed by atoms with E-state index in [1.165, 1.54) is 13.4 Å². The van der Waals surface area contributed by atoms with Gasteiger partial charge >= 0.3 is 5.97 Å². The SMILES string of the molecule is COC(=O)CC(NC(=O)c1occc1C)c1ccc(Br)cc1. The van der Waals surface area contributed by atoms with Gasteiger partial charge < -0.3 is 14.5 Å². The third kappa shape index (κ3) is 3.98. The normalized spacial score (nSPS) is 11.8. The fourth-order valence-corrected chi connectivity index (χ4v) is 2.29. The molecule has 1 heterocycles. The highest BCUT2D eigenvalue weighted by Crippen LogP contribution is 2.21. The highest BCUT2D eigenvalue weighted by molar-refractivity contribution is 9.10. The molecule has 22 heavy (non-hydrogen) atoms. The van der Waals surface area contributed by atoms with Crippen LogP contribution < -0.4 is 5.32 Å². The van der Waals surface area contributed by atoms with Crippen LogP contribution in [-0.2, 0) is 9.53 Å². The van der Waals surface area contributed by atoms with E-state index in [1.807, 2.05) is 24.3 Å². The summed E-state index contributed by atoms with van der Waals surface area (Å²) in [7, 11) is 1.32. The standard InChI is InChI=1S/C16H16BrNO4/c1-10-7-8-22-15(10)16(20)18-13(9-14(19)21-2)11-3-5-12(17)6-4-11/h3-8,13H,9H2,1-2H3,(H,18,20). The van der Waals surface area contributed by atoms with Crippen LogP contribution in [-0.4, -0.2) is 19.0 Å². The molecule has 5 nitrogen and oxygen atoms in total. The number of nitrogens with one attached hydrogen (secondary N) is 1. The first-order valence-corrected chi connectivity index (χ1v) is 7.47. The maximum absolute atomic E-state index is 12.3. The molecule has 1 aromatic heterocycles. The Morgan fingerprint density at radius 1 is 1.27 bits per heavy atom. The zero-order valence-corrected chi connectivity index (χ0v) is 13.8. The highest BCUT2D eigenvalue weighted by Gasteiger charge is 2.22. The van der Waals surface area contributed by atoms with Gasteiger partial charge in [0.15, 0.2) is 5.76 Å². The minimum Gasteiger partial charge on any atom is -0.469 e. The number of esters is 1. The van der Waals surface area contributed by atoms with Crippen molar-refractivity contribution < 1.29 is 18.7 Å². The molecule has 116 valence electrons. The van der Waals surface area contributed by atoms with Crippen LogP contribution in [0.3, 0.4) is 0 Å². The number of methoxy groups -OCH3 is 1. The summed E-state index contributed by atoms with van der Waals surface area (Å²) < 4.78 is 10.8. The lowest BCUT2D eigenvalue weighted by atomic mass is 10.0. The van der Waals surface area contributed by atoms with Gasteiger partial charge in [-0.25, -0.2) is 0 Å². The number of hydrogen-bond donors (Lipinski definition) is 1. The molecular formula is C16H16BrNO4. The van der Waals surface area contributed by atoms with Gasteiger partial charge in [0, 0.05) is 10.0 Å². The molecule has 1 aromatic carbocycles. The van der Waals surface area contributed by atoms with E-state index in [0.29, 0.717) is 0 Å². The first kappa shape index (κ1) is 16.3. The number of halogens is 1. The molecule has 1 unspecified atom stereocenters. The number of amides is 1. The van der Waals surface area contributed by atoms with Gasteiger partial charge in [-0.2, -0.15) is 0 Å². The fourth-order valence-electron chi connectivity index (χ4n) is 2.03. The van der Waals surface area contributed by atoms with Crippen LogP contribution in [0, 0.1) is 6.92 Å². The van der Waals surface area contributed by atoms with E-state index >= 15 is 0 Å². The Hall–Kier alpha value is -2.08. The molecule has 2 aromatic rings. The van der Waals surface area contributed by atoms with Gasteiger partial charge in [0.2, 0.25) is 0 Å². The molecular weight excluding hydrogens is 350 g/mol. The van der Waals surface area contributed by atoms with Gasteiger partial charge in [0.05, 0.1) is 25.8 Å². The average Bonchev–Trinajstić information content (AvgIpc) is 2.93. The van der Waals surface area contributed by atoms with E-state index in [2.05, 4.69) is 21.2 Å². The van der Waals surface area contributed by atoms with Crippen molar-refractivity contribution in [3.63, 3.8) is 0 Å². The molecule has 1 N–H and O–H groups in total. The van der Waals surface area contributed by atoms with Crippen molar-refractivity contribution >= 4 is 27.8 Å². The number of benzene rings is 1. The Kier molecular flexibility index (Phi) is 5.38. The molecule has 0 bridgehead atoms. The van der Waals surface area contributed by atoms with Gasteiger partial charge in [-0.1, -0.05) is 28.1 Å². The third-order valence-electron chi connectivity index (χ3n) is 3.24. The van der Waals surface area contributed by atoms with Crippen LogP contribution in [0.25, 0.3) is 0 Å². The van der Waals surface area contributed by atoms with Crippen molar-refractivity contribution in [2.75, 3.05) is 7.11 Å². The molecule has 0 aliphatic rings. The lowest BCUT2D eigenvalue weighted by Gasteiger charge is -2.18. The molecule has 0 radical (unpaired) electrons. The van der Waals surface area contributed by atoms with Gasteiger partial charge in [-0.15, -0.1) is 0 Å². The number of carbonyl (C=O) groups excluding carboxylic acids is 2. The predicted octanol–water partition coefficient (Wildman–Crippen LogP) is 3.38. The molecule has 0 saturated carbocycles. The molecule has 0 spiro atoms. The molecule has 0 aliphatic heterocycles. The molecule has 0 aliphatic carbocycles. The monoisotopic (exact) mass is 365 g/mol. The molecule has 2 rings (SSSR count). The smallest absolute Gasteiger partial charge is 0.307 e. The lowest BCUT2D eigenvalue weighted by Crippen LogP contribution is -2.30. The van der Waals surface area contributed by atoms with Gasteiger partial charge in [0.1, 0.15) is 0 Å². The fraction of sp³-hybridized carbons (Fsp3) is 0.250. The number of aryl methyl sites for hydroxylation is 1. The van der Waals surface area contributed by atoms with Crippen LogP contribution in [0.2, 0.25) is 0 Å². The summed E-state index contributed by atoms with van der Waals surface area (Å²) in [5.41, 5.74) is 1.55. The van der Waals surface area contributed by atoms with Crippen molar-refractivity contribution in [2.24, 2.45) is 0 Å². The summed E-state index contributed by atoms with van der Waals surface area (Å²) in [6.07, 6.45) is 1.50. The second-order valence-electron chi connectivity index (χ2n) is 4.79. The second kappa shape index (κ2) is 7.26. The van der Waals surface area contributed by atoms with Gasteiger partial charge in [-0.3, -0.25) is 9.59 Å². The molecule has 1 amide bonds. The predicted molar refractivity (Wildman–Crippen MR) is 84.4 cm³/mol. The number of rotatable bonds is 5. The summed E-state index contributed by atoms with van der Waals surface area (Å²) in [6.45, 7) is 1.79. The van der Waals surface area contributed by atoms with Crippen molar-refractivity contribution in [3.05, 3.63) is 58.0 Å². The van der Waals surface area contributed by atoms with E-state index < -0.39 is 12.0 Å². The van der Waals surface area contributed by atoms with Crippen molar-refractivity contribution in [2.45, 2.75) is 19.4 Å². The van der Waals surface area contributed by atoms with Crippen LogP contribution in [0.15, 0.2) is 45.5 Å². The van der Waals surface area contributed by atoms with Crippen LogP contribution in [0.4, 0.5) is 0 Å². The second-order valence-corrected chi connectivity index (χ2v) is 5.71. The quantitative estimate of drug-likeness (QED) is 0.824. The zero-order valence-electron chi connectivity index (χ0n) is 12.3.